The molecule has 0 aliphatic rings. The van der Waals surface area contributed by atoms with Crippen molar-refractivity contribution in [3.05, 3.63) is 23.8 Å². The molecule has 0 unspecified atom stereocenters. The lowest BCUT2D eigenvalue weighted by Crippen LogP contribution is -2.43. The molecule has 27 heavy (non-hydrogen) atoms. The number of allylic oxidation sites excluding steroid dienone is 1. The van der Waals surface area contributed by atoms with Crippen LogP contribution in [0.4, 0.5) is 0 Å². The van der Waals surface area contributed by atoms with E-state index in [2.05, 4.69) is 53.7 Å². The zero-order chi connectivity index (χ0) is 21.5. The number of carbonyl (C=O) groups excluding carboxylic acids is 1. The highest BCUT2D eigenvalue weighted by Crippen LogP contribution is 2.31. The van der Waals surface area contributed by atoms with Gasteiger partial charge in [-0.05, 0) is 36.5 Å². The van der Waals surface area contributed by atoms with Gasteiger partial charge in [0.2, 0.25) is 5.91 Å². The third kappa shape index (κ3) is 7.90. The molecular formula is C23H41NO3. The van der Waals surface area contributed by atoms with Crippen molar-refractivity contribution in [3.8, 4) is 0 Å². The standard InChI is InChI=1S/C23H41NO3/c1-11-18(23(7,8)9)12-13-19(15(2)3)21(25)24(10)20(16(4)5)14-17(6)22(26)27/h12-16,18-20H,11H2,1-10H3,(H,26,27)/b13-12+,17-14+/t18-,19-,20-/m1/s1. The Hall–Kier alpha value is -1.58. The Morgan fingerprint density at radius 1 is 1.04 bits per heavy atom. The lowest BCUT2D eigenvalue weighted by molar-refractivity contribution is -0.136. The molecule has 0 bridgehead atoms. The molecule has 156 valence electrons. The Kier molecular flexibility index (Phi) is 10.1. The molecule has 0 saturated heterocycles. The van der Waals surface area contributed by atoms with Crippen LogP contribution in [0.1, 0.15) is 68.7 Å². The Labute approximate surface area is 166 Å². The van der Waals surface area contributed by atoms with E-state index in [1.54, 1.807) is 24.9 Å². The number of hydrogen-bond acceptors (Lipinski definition) is 2. The lowest BCUT2D eigenvalue weighted by atomic mass is 9.78. The summed E-state index contributed by atoms with van der Waals surface area (Å²) in [6.45, 7) is 18.5. The first-order chi connectivity index (χ1) is 12.2. The van der Waals surface area contributed by atoms with Crippen molar-refractivity contribution in [3.63, 3.8) is 0 Å². The summed E-state index contributed by atoms with van der Waals surface area (Å²) in [5, 5.41) is 9.20. The largest absolute Gasteiger partial charge is 0.478 e. The summed E-state index contributed by atoms with van der Waals surface area (Å²) in [5.74, 6) is -0.414. The molecule has 0 radical (unpaired) electrons. The van der Waals surface area contributed by atoms with E-state index in [4.69, 9.17) is 0 Å². The van der Waals surface area contributed by atoms with Crippen molar-refractivity contribution >= 4 is 11.9 Å². The van der Waals surface area contributed by atoms with E-state index in [0.717, 1.165) is 6.42 Å². The average molecular weight is 380 g/mol. The van der Waals surface area contributed by atoms with Gasteiger partial charge in [0.05, 0.1) is 12.0 Å². The SMILES string of the molecule is CC[C@H](/C=C/[C@@H](C(=O)N(C)[C@H](/C=C(\C)C(=O)O)C(C)C)C(C)C)C(C)(C)C. The maximum atomic E-state index is 13.2. The number of rotatable bonds is 9. The number of carbonyl (C=O) groups is 2. The van der Waals surface area contributed by atoms with Gasteiger partial charge >= 0.3 is 5.97 Å². The summed E-state index contributed by atoms with van der Waals surface area (Å²) in [5.41, 5.74) is 0.424. The van der Waals surface area contributed by atoms with Crippen molar-refractivity contribution < 1.29 is 14.7 Å². The van der Waals surface area contributed by atoms with Crippen LogP contribution in [0.5, 0.6) is 0 Å². The average Bonchev–Trinajstić information content (AvgIpc) is 2.53. The van der Waals surface area contributed by atoms with Crippen LogP contribution < -0.4 is 0 Å². The topological polar surface area (TPSA) is 57.6 Å². The molecule has 0 saturated carbocycles. The van der Waals surface area contributed by atoms with E-state index in [1.807, 2.05) is 13.8 Å². The molecule has 0 aromatic rings. The van der Waals surface area contributed by atoms with E-state index < -0.39 is 5.97 Å². The quantitative estimate of drug-likeness (QED) is 0.431. The maximum absolute atomic E-state index is 13.2. The molecule has 0 aromatic heterocycles. The Morgan fingerprint density at radius 3 is 1.89 bits per heavy atom. The Bertz CT molecular complexity index is 552. The van der Waals surface area contributed by atoms with Gasteiger partial charge in [0.15, 0.2) is 0 Å². The summed E-state index contributed by atoms with van der Waals surface area (Å²) in [4.78, 5) is 26.2. The number of nitrogens with zero attached hydrogens (tertiary/aromatic N) is 1. The monoisotopic (exact) mass is 379 g/mol. The van der Waals surface area contributed by atoms with Gasteiger partial charge in [0.1, 0.15) is 0 Å². The van der Waals surface area contributed by atoms with Crippen molar-refractivity contribution in [2.24, 2.45) is 29.1 Å². The number of hydrogen-bond donors (Lipinski definition) is 1. The minimum Gasteiger partial charge on any atom is -0.478 e. The molecular weight excluding hydrogens is 338 g/mol. The first-order valence-electron chi connectivity index (χ1n) is 10.1. The highest BCUT2D eigenvalue weighted by molar-refractivity contribution is 5.86. The normalized spacial score (nSPS) is 16.7. The van der Waals surface area contributed by atoms with Crippen LogP contribution in [0, 0.1) is 29.1 Å². The number of amides is 1. The maximum Gasteiger partial charge on any atom is 0.331 e. The first kappa shape index (κ1) is 25.4. The van der Waals surface area contributed by atoms with Gasteiger partial charge in [-0.1, -0.05) is 73.6 Å². The summed E-state index contributed by atoms with van der Waals surface area (Å²) < 4.78 is 0. The Morgan fingerprint density at radius 2 is 1.56 bits per heavy atom. The molecule has 0 aliphatic carbocycles. The second-order valence-corrected chi connectivity index (χ2v) is 9.37. The third-order valence-electron chi connectivity index (χ3n) is 5.34. The van der Waals surface area contributed by atoms with Gasteiger partial charge in [-0.2, -0.15) is 0 Å². The van der Waals surface area contributed by atoms with Gasteiger partial charge in [-0.3, -0.25) is 4.79 Å². The summed E-state index contributed by atoms with van der Waals surface area (Å²) in [6, 6.07) is -0.243. The third-order valence-corrected chi connectivity index (χ3v) is 5.34. The second-order valence-electron chi connectivity index (χ2n) is 9.37. The van der Waals surface area contributed by atoms with Crippen LogP contribution >= 0.6 is 0 Å². The molecule has 3 atom stereocenters. The smallest absolute Gasteiger partial charge is 0.331 e. The van der Waals surface area contributed by atoms with E-state index in [-0.39, 0.29) is 40.7 Å². The zero-order valence-corrected chi connectivity index (χ0v) is 19.0. The number of aliphatic carboxylic acids is 1. The predicted molar refractivity (Wildman–Crippen MR) is 113 cm³/mol. The lowest BCUT2D eigenvalue weighted by Gasteiger charge is -2.33. The molecule has 0 fully saturated rings. The van der Waals surface area contributed by atoms with Gasteiger partial charge in [-0.15, -0.1) is 0 Å². The van der Waals surface area contributed by atoms with Gasteiger partial charge < -0.3 is 10.0 Å². The molecule has 4 heteroatoms. The van der Waals surface area contributed by atoms with Crippen LogP contribution in [0.2, 0.25) is 0 Å². The van der Waals surface area contributed by atoms with Crippen molar-refractivity contribution in [2.75, 3.05) is 7.05 Å². The number of carboxylic acid groups (broad SMARTS) is 1. The highest BCUT2D eigenvalue weighted by Gasteiger charge is 2.29. The predicted octanol–water partition coefficient (Wildman–Crippen LogP) is 5.40. The van der Waals surface area contributed by atoms with Crippen LogP contribution in [-0.4, -0.2) is 35.0 Å². The van der Waals surface area contributed by atoms with Gasteiger partial charge in [-0.25, -0.2) is 4.79 Å². The molecule has 0 spiro atoms. The summed E-state index contributed by atoms with van der Waals surface area (Å²) in [7, 11) is 1.78. The molecule has 0 rings (SSSR count). The van der Waals surface area contributed by atoms with Crippen molar-refractivity contribution in [1.29, 1.82) is 0 Å². The van der Waals surface area contributed by atoms with Crippen LogP contribution in [0.15, 0.2) is 23.8 Å². The van der Waals surface area contributed by atoms with E-state index >= 15 is 0 Å². The minimum absolute atomic E-state index is 0.0400. The highest BCUT2D eigenvalue weighted by atomic mass is 16.4. The number of carboxylic acids is 1. The molecule has 0 aliphatic heterocycles. The second kappa shape index (κ2) is 10.7. The number of likely N-dealkylation sites (N-methyl/N-ethyl adjacent to an activating group) is 1. The van der Waals surface area contributed by atoms with Crippen LogP contribution in [-0.2, 0) is 9.59 Å². The summed E-state index contributed by atoms with van der Waals surface area (Å²) in [6.07, 6.45) is 6.98. The van der Waals surface area contributed by atoms with Crippen LogP contribution in [0.3, 0.4) is 0 Å². The fraction of sp³-hybridized carbons (Fsp3) is 0.739. The molecule has 0 aromatic carbocycles. The summed E-state index contributed by atoms with van der Waals surface area (Å²) >= 11 is 0. The molecule has 4 nitrogen and oxygen atoms in total. The van der Waals surface area contributed by atoms with Crippen LogP contribution in [0.25, 0.3) is 0 Å². The Balaban J connectivity index is 5.68. The van der Waals surface area contributed by atoms with E-state index in [9.17, 15) is 14.7 Å². The minimum atomic E-state index is -0.947. The fourth-order valence-corrected chi connectivity index (χ4v) is 3.34. The first-order valence-corrected chi connectivity index (χ1v) is 10.1. The molecule has 1 N–H and O–H groups in total. The van der Waals surface area contributed by atoms with Gasteiger partial charge in [0.25, 0.3) is 0 Å². The van der Waals surface area contributed by atoms with E-state index in [0.29, 0.717) is 5.92 Å². The van der Waals surface area contributed by atoms with Crippen molar-refractivity contribution in [1.82, 2.24) is 4.90 Å². The molecule has 1 amide bonds. The van der Waals surface area contributed by atoms with E-state index in [1.165, 1.54) is 0 Å². The van der Waals surface area contributed by atoms with Gasteiger partial charge in [0, 0.05) is 12.6 Å². The zero-order valence-electron chi connectivity index (χ0n) is 19.0. The molecule has 0 heterocycles. The van der Waals surface area contributed by atoms with Crippen molar-refractivity contribution in [2.45, 2.75) is 74.8 Å². The fourth-order valence-electron chi connectivity index (χ4n) is 3.34.